The molecule has 0 bridgehead atoms. The summed E-state index contributed by atoms with van der Waals surface area (Å²) in [4.78, 5) is 24.1. The number of para-hydroxylation sites is 1. The highest BCUT2D eigenvalue weighted by molar-refractivity contribution is 7.87. The lowest BCUT2D eigenvalue weighted by atomic mass is 10.3. The van der Waals surface area contributed by atoms with E-state index in [1.165, 1.54) is 12.1 Å². The maximum absolute atomic E-state index is 13.0. The van der Waals surface area contributed by atoms with Crippen LogP contribution in [0.15, 0.2) is 45.9 Å². The van der Waals surface area contributed by atoms with Crippen molar-refractivity contribution in [2.45, 2.75) is 38.5 Å². The smallest absolute Gasteiger partial charge is 0.439 e. The molecule has 29 heavy (non-hydrogen) atoms. The molecule has 158 valence electrons. The largest absolute Gasteiger partial charge is 0.467 e. The lowest BCUT2D eigenvalue weighted by Gasteiger charge is -2.20. The summed E-state index contributed by atoms with van der Waals surface area (Å²) >= 11 is 0. The van der Waals surface area contributed by atoms with Crippen LogP contribution in [0.4, 0.5) is 10.5 Å². The van der Waals surface area contributed by atoms with Gasteiger partial charge in [0, 0.05) is 6.42 Å². The third-order valence-corrected chi connectivity index (χ3v) is 4.94. The van der Waals surface area contributed by atoms with Gasteiger partial charge in [-0.15, -0.1) is 9.35 Å². The van der Waals surface area contributed by atoms with E-state index in [2.05, 4.69) is 0 Å². The predicted molar refractivity (Wildman–Crippen MR) is 103 cm³/mol. The first-order valence-electron chi connectivity index (χ1n) is 9.09. The number of hydrogen-bond donors (Lipinski definition) is 0. The Morgan fingerprint density at radius 2 is 1.76 bits per heavy atom. The van der Waals surface area contributed by atoms with Crippen molar-refractivity contribution in [1.29, 1.82) is 0 Å². The number of ether oxygens (including phenoxy) is 2. The number of furan rings is 1. The van der Waals surface area contributed by atoms with Gasteiger partial charge in [-0.3, -0.25) is 0 Å². The summed E-state index contributed by atoms with van der Waals surface area (Å²) in [6.07, 6.45) is 0.709. The Hall–Kier alpha value is -2.85. The van der Waals surface area contributed by atoms with Crippen LogP contribution in [0.1, 0.15) is 43.3 Å². The molecule has 0 radical (unpaired) electrons. The molecule has 2 rings (SSSR count). The Labute approximate surface area is 169 Å². The van der Waals surface area contributed by atoms with Crippen molar-refractivity contribution in [1.82, 2.24) is 0 Å². The van der Waals surface area contributed by atoms with Crippen LogP contribution in [0.2, 0.25) is 0 Å². The molecule has 9 nitrogen and oxygen atoms in total. The van der Waals surface area contributed by atoms with E-state index < -0.39 is 27.1 Å². The molecule has 2 aromatic rings. The van der Waals surface area contributed by atoms with Crippen LogP contribution in [0.5, 0.6) is 0 Å². The van der Waals surface area contributed by atoms with Crippen molar-refractivity contribution < 1.29 is 36.2 Å². The lowest BCUT2D eigenvalue weighted by Crippen LogP contribution is -2.34. The molecule has 1 aromatic heterocycles. The van der Waals surface area contributed by atoms with Crippen molar-refractivity contribution in [3.63, 3.8) is 0 Å². The van der Waals surface area contributed by atoms with Gasteiger partial charge in [0.2, 0.25) is 0 Å². The standard InChI is InChI=1S/C19H23NO8S/c1-4-12-26-18(21)15-13-27-16(5-2)17(15)29(23,24)28-20(19(22)25-6-3)14-10-8-7-9-11-14/h7-11,13H,4-6,12H2,1-3H3. The number of anilines is 1. The summed E-state index contributed by atoms with van der Waals surface area (Å²) in [6, 6.07) is 7.83. The Morgan fingerprint density at radius 1 is 1.07 bits per heavy atom. The summed E-state index contributed by atoms with van der Waals surface area (Å²) in [6.45, 7) is 5.15. The minimum atomic E-state index is -4.64. The topological polar surface area (TPSA) is 112 Å². The van der Waals surface area contributed by atoms with Gasteiger partial charge in [-0.05, 0) is 25.5 Å². The van der Waals surface area contributed by atoms with Crippen molar-refractivity contribution >= 4 is 27.9 Å². The second-order valence-electron chi connectivity index (χ2n) is 5.75. The molecular formula is C19H23NO8S. The number of esters is 1. The van der Waals surface area contributed by atoms with E-state index in [9.17, 15) is 18.0 Å². The Morgan fingerprint density at radius 3 is 2.34 bits per heavy atom. The monoisotopic (exact) mass is 425 g/mol. The van der Waals surface area contributed by atoms with Gasteiger partial charge in [0.15, 0.2) is 4.90 Å². The molecule has 0 saturated heterocycles. The number of nitrogens with zero attached hydrogens (tertiary/aromatic N) is 1. The highest BCUT2D eigenvalue weighted by atomic mass is 32.2. The Balaban J connectivity index is 2.46. The molecule has 0 saturated carbocycles. The molecule has 0 N–H and O–H groups in total. The van der Waals surface area contributed by atoms with Crippen LogP contribution >= 0.6 is 0 Å². The van der Waals surface area contributed by atoms with Crippen LogP contribution in [-0.4, -0.2) is 33.7 Å². The van der Waals surface area contributed by atoms with Gasteiger partial charge in [-0.25, -0.2) is 9.59 Å². The number of carbonyl (C=O) groups excluding carboxylic acids is 2. The van der Waals surface area contributed by atoms with Gasteiger partial charge < -0.3 is 13.9 Å². The van der Waals surface area contributed by atoms with Gasteiger partial charge in [0.1, 0.15) is 17.6 Å². The van der Waals surface area contributed by atoms with E-state index in [-0.39, 0.29) is 36.6 Å². The van der Waals surface area contributed by atoms with Crippen LogP contribution in [-0.2, 0) is 30.3 Å². The molecule has 0 aliphatic rings. The van der Waals surface area contributed by atoms with Gasteiger partial charge >= 0.3 is 22.2 Å². The van der Waals surface area contributed by atoms with E-state index in [0.29, 0.717) is 11.5 Å². The molecule has 0 unspecified atom stereocenters. The summed E-state index contributed by atoms with van der Waals surface area (Å²) in [5.41, 5.74) is -0.168. The van der Waals surface area contributed by atoms with Crippen molar-refractivity contribution in [3.8, 4) is 0 Å². The SMILES string of the molecule is CCCOC(=O)c1coc(CC)c1S(=O)(=O)ON(C(=O)OCC)c1ccccc1. The zero-order valence-corrected chi connectivity index (χ0v) is 17.2. The number of aryl methyl sites for hydroxylation is 1. The van der Waals surface area contributed by atoms with Crippen LogP contribution < -0.4 is 5.06 Å². The molecule has 0 fully saturated rings. The third kappa shape index (κ3) is 5.36. The highest BCUT2D eigenvalue weighted by Gasteiger charge is 2.35. The van der Waals surface area contributed by atoms with Gasteiger partial charge in [0.05, 0.1) is 18.9 Å². The molecule has 1 amide bonds. The number of rotatable bonds is 9. The average Bonchev–Trinajstić information content (AvgIpc) is 3.16. The normalized spacial score (nSPS) is 11.1. The molecule has 1 aromatic carbocycles. The summed E-state index contributed by atoms with van der Waals surface area (Å²) in [7, 11) is -4.64. The van der Waals surface area contributed by atoms with Crippen LogP contribution in [0, 0.1) is 0 Å². The van der Waals surface area contributed by atoms with E-state index in [1.807, 2.05) is 0 Å². The number of hydrogen-bond acceptors (Lipinski definition) is 8. The molecule has 1 heterocycles. The fourth-order valence-corrected chi connectivity index (χ4v) is 3.67. The minimum Gasteiger partial charge on any atom is -0.467 e. The van der Waals surface area contributed by atoms with E-state index >= 15 is 0 Å². The fourth-order valence-electron chi connectivity index (χ4n) is 2.38. The Bertz CT molecular complexity index is 936. The van der Waals surface area contributed by atoms with Gasteiger partial charge in [0.25, 0.3) is 0 Å². The molecule has 0 aliphatic carbocycles. The number of hydroxylamine groups is 1. The summed E-state index contributed by atoms with van der Waals surface area (Å²) < 4.78 is 46.3. The first-order valence-corrected chi connectivity index (χ1v) is 10.5. The molecule has 0 atom stereocenters. The van der Waals surface area contributed by atoms with Crippen molar-refractivity contribution in [2.75, 3.05) is 18.3 Å². The van der Waals surface area contributed by atoms with E-state index in [1.54, 1.807) is 39.0 Å². The second kappa shape index (κ2) is 10.1. The molecular weight excluding hydrogens is 402 g/mol. The first kappa shape index (κ1) is 22.4. The first-order chi connectivity index (χ1) is 13.9. The van der Waals surface area contributed by atoms with Crippen LogP contribution in [0.25, 0.3) is 0 Å². The molecule has 0 spiro atoms. The molecule has 0 aliphatic heterocycles. The zero-order valence-electron chi connectivity index (χ0n) is 16.4. The maximum Gasteiger partial charge on any atom is 0.439 e. The number of carbonyl (C=O) groups is 2. The zero-order chi connectivity index (χ0) is 21.4. The predicted octanol–water partition coefficient (Wildman–Crippen LogP) is 3.69. The Kier molecular flexibility index (Phi) is 7.80. The number of amides is 1. The quantitative estimate of drug-likeness (QED) is 0.442. The average molecular weight is 425 g/mol. The summed E-state index contributed by atoms with van der Waals surface area (Å²) in [5, 5.41) is 0.506. The van der Waals surface area contributed by atoms with E-state index in [4.69, 9.17) is 18.2 Å². The minimum absolute atomic E-state index is 0.00493. The third-order valence-electron chi connectivity index (χ3n) is 3.64. The molecule has 10 heteroatoms. The second-order valence-corrected chi connectivity index (χ2v) is 7.21. The van der Waals surface area contributed by atoms with Gasteiger partial charge in [-0.1, -0.05) is 32.0 Å². The lowest BCUT2D eigenvalue weighted by molar-refractivity contribution is 0.0499. The maximum atomic E-state index is 13.0. The fraction of sp³-hybridized carbons (Fsp3) is 0.368. The van der Waals surface area contributed by atoms with Crippen molar-refractivity contribution in [2.24, 2.45) is 0 Å². The highest BCUT2D eigenvalue weighted by Crippen LogP contribution is 2.29. The van der Waals surface area contributed by atoms with Crippen molar-refractivity contribution in [3.05, 3.63) is 47.9 Å². The number of benzene rings is 1. The summed E-state index contributed by atoms with van der Waals surface area (Å²) in [5.74, 6) is -0.856. The van der Waals surface area contributed by atoms with Crippen LogP contribution in [0.3, 0.4) is 0 Å². The van der Waals surface area contributed by atoms with E-state index in [0.717, 1.165) is 6.26 Å². The van der Waals surface area contributed by atoms with Gasteiger partial charge in [-0.2, -0.15) is 8.42 Å².